The summed E-state index contributed by atoms with van der Waals surface area (Å²) in [5.41, 5.74) is 0.571. The Kier molecular flexibility index (Phi) is 11.0. The highest BCUT2D eigenvalue weighted by Gasteiger charge is 2.38. The summed E-state index contributed by atoms with van der Waals surface area (Å²) in [5.74, 6) is -1.18. The number of hydrogen-bond donors (Lipinski definition) is 5. The third kappa shape index (κ3) is 9.11. The molecular formula is C31H43N3O7. The topological polar surface area (TPSA) is 148 Å². The Hall–Kier alpha value is -3.79. The largest absolute Gasteiger partial charge is 0.508 e. The second kappa shape index (κ2) is 14.2. The van der Waals surface area contributed by atoms with E-state index in [1.807, 2.05) is 0 Å². The number of amides is 3. The Bertz CT molecular complexity index is 1190. The molecule has 3 amide bonds. The van der Waals surface area contributed by atoms with Gasteiger partial charge in [-0.25, -0.2) is 4.79 Å². The lowest BCUT2D eigenvalue weighted by atomic mass is 9.94. The van der Waals surface area contributed by atoms with Gasteiger partial charge in [0, 0.05) is 24.6 Å². The maximum atomic E-state index is 14.2. The van der Waals surface area contributed by atoms with Gasteiger partial charge < -0.3 is 35.6 Å². The number of para-hydroxylation sites is 1. The van der Waals surface area contributed by atoms with Crippen LogP contribution in [-0.4, -0.2) is 69.0 Å². The van der Waals surface area contributed by atoms with Crippen LogP contribution in [0.15, 0.2) is 42.5 Å². The molecule has 1 aliphatic rings. The van der Waals surface area contributed by atoms with Crippen molar-refractivity contribution < 1.29 is 34.4 Å². The molecule has 3 rings (SSSR count). The number of rotatable bonds is 10. The van der Waals surface area contributed by atoms with E-state index in [-0.39, 0.29) is 36.1 Å². The molecule has 10 heteroatoms. The fourth-order valence-electron chi connectivity index (χ4n) is 5.07. The molecule has 10 nitrogen and oxygen atoms in total. The SMILES string of the molecule is Cc1cccc(C(C(=O)NC2CCCCC2)N(CCO)C(=O)C(Cc2ccc(O)cc2)NC(=O)OC(C)(C)C)c1O. The van der Waals surface area contributed by atoms with Crippen LogP contribution in [0.25, 0.3) is 0 Å². The van der Waals surface area contributed by atoms with E-state index < -0.39 is 42.2 Å². The van der Waals surface area contributed by atoms with Gasteiger partial charge in [0.2, 0.25) is 11.8 Å². The number of aryl methyl sites for hydroxylation is 1. The highest BCUT2D eigenvalue weighted by atomic mass is 16.6. The number of aliphatic hydroxyl groups excluding tert-OH is 1. The maximum absolute atomic E-state index is 14.2. The van der Waals surface area contributed by atoms with Crippen molar-refractivity contribution >= 4 is 17.9 Å². The molecule has 0 saturated heterocycles. The summed E-state index contributed by atoms with van der Waals surface area (Å²) < 4.78 is 5.41. The van der Waals surface area contributed by atoms with E-state index in [1.165, 1.54) is 17.0 Å². The van der Waals surface area contributed by atoms with Crippen molar-refractivity contribution in [3.8, 4) is 11.5 Å². The zero-order chi connectivity index (χ0) is 30.2. The summed E-state index contributed by atoms with van der Waals surface area (Å²) >= 11 is 0. The number of alkyl carbamates (subject to hydrolysis) is 1. The lowest BCUT2D eigenvalue weighted by Crippen LogP contribution is -2.55. The zero-order valence-electron chi connectivity index (χ0n) is 24.4. The zero-order valence-corrected chi connectivity index (χ0v) is 24.4. The van der Waals surface area contributed by atoms with E-state index in [0.29, 0.717) is 11.1 Å². The van der Waals surface area contributed by atoms with Gasteiger partial charge in [0.1, 0.15) is 29.2 Å². The molecule has 1 aliphatic carbocycles. The highest BCUT2D eigenvalue weighted by molar-refractivity contribution is 5.93. The molecule has 2 unspecified atom stereocenters. The predicted octanol–water partition coefficient (Wildman–Crippen LogP) is 3.85. The molecular weight excluding hydrogens is 526 g/mol. The number of hydrogen-bond acceptors (Lipinski definition) is 7. The van der Waals surface area contributed by atoms with Crippen molar-refractivity contribution in [2.75, 3.05) is 13.2 Å². The molecule has 0 spiro atoms. The molecule has 1 saturated carbocycles. The first-order valence-corrected chi connectivity index (χ1v) is 14.2. The van der Waals surface area contributed by atoms with Gasteiger partial charge in [-0.3, -0.25) is 9.59 Å². The third-order valence-electron chi connectivity index (χ3n) is 7.06. The molecule has 0 heterocycles. The van der Waals surface area contributed by atoms with Gasteiger partial charge in [-0.05, 0) is 63.8 Å². The smallest absolute Gasteiger partial charge is 0.408 e. The van der Waals surface area contributed by atoms with Crippen molar-refractivity contribution in [2.24, 2.45) is 0 Å². The molecule has 1 fully saturated rings. The normalized spacial score (nSPS) is 15.4. The van der Waals surface area contributed by atoms with Crippen LogP contribution in [0, 0.1) is 6.92 Å². The van der Waals surface area contributed by atoms with Crippen LogP contribution in [0.3, 0.4) is 0 Å². The quantitative estimate of drug-likeness (QED) is 0.292. The first-order chi connectivity index (χ1) is 19.4. The Morgan fingerprint density at radius 3 is 2.29 bits per heavy atom. The Balaban J connectivity index is 2.03. The fraction of sp³-hybridized carbons (Fsp3) is 0.516. The molecule has 0 aliphatic heterocycles. The monoisotopic (exact) mass is 569 g/mol. The number of nitrogens with one attached hydrogen (secondary N) is 2. The van der Waals surface area contributed by atoms with E-state index in [4.69, 9.17) is 4.74 Å². The minimum absolute atomic E-state index is 0.0248. The Morgan fingerprint density at radius 1 is 1.02 bits per heavy atom. The Morgan fingerprint density at radius 2 is 1.68 bits per heavy atom. The lowest BCUT2D eigenvalue weighted by molar-refractivity contribution is -0.143. The standard InChI is InChI=1S/C31H43N3O7/c1-20-9-8-12-24(27(20)37)26(28(38)32-22-10-6-5-7-11-22)34(17-18-35)29(39)25(33-30(40)41-31(2,3)4)19-21-13-15-23(36)16-14-21/h8-9,12-16,22,25-26,35-37H,5-7,10-11,17-19H2,1-4H3,(H,32,38)(H,33,40). The number of aliphatic hydroxyl groups is 1. The summed E-state index contributed by atoms with van der Waals surface area (Å²) in [6.45, 7) is 6.13. The lowest BCUT2D eigenvalue weighted by Gasteiger charge is -2.35. The number of carbonyl (C=O) groups is 3. The van der Waals surface area contributed by atoms with Gasteiger partial charge >= 0.3 is 6.09 Å². The van der Waals surface area contributed by atoms with Gasteiger partial charge in [0.15, 0.2) is 0 Å². The number of carbonyl (C=O) groups excluding carboxylic acids is 3. The molecule has 5 N–H and O–H groups in total. The van der Waals surface area contributed by atoms with Crippen molar-refractivity contribution in [1.29, 1.82) is 0 Å². The van der Waals surface area contributed by atoms with Gasteiger partial charge in [-0.15, -0.1) is 0 Å². The number of phenols is 2. The van der Waals surface area contributed by atoms with E-state index in [2.05, 4.69) is 10.6 Å². The van der Waals surface area contributed by atoms with Crippen molar-refractivity contribution in [1.82, 2.24) is 15.5 Å². The molecule has 41 heavy (non-hydrogen) atoms. The average molecular weight is 570 g/mol. The first kappa shape index (κ1) is 31.7. The molecule has 0 radical (unpaired) electrons. The summed E-state index contributed by atoms with van der Waals surface area (Å²) in [5, 5.41) is 36.4. The fourth-order valence-corrected chi connectivity index (χ4v) is 5.07. The summed E-state index contributed by atoms with van der Waals surface area (Å²) in [4.78, 5) is 42.2. The number of benzene rings is 2. The predicted molar refractivity (Wildman–Crippen MR) is 154 cm³/mol. The second-order valence-corrected chi connectivity index (χ2v) is 11.6. The number of aromatic hydroxyl groups is 2. The van der Waals surface area contributed by atoms with E-state index >= 15 is 0 Å². The molecule has 224 valence electrons. The van der Waals surface area contributed by atoms with Crippen LogP contribution >= 0.6 is 0 Å². The minimum atomic E-state index is -1.26. The summed E-state index contributed by atoms with van der Waals surface area (Å²) in [7, 11) is 0. The van der Waals surface area contributed by atoms with Crippen molar-refractivity contribution in [3.63, 3.8) is 0 Å². The molecule has 2 aromatic rings. The molecule has 0 bridgehead atoms. The molecule has 0 aromatic heterocycles. The molecule has 2 atom stereocenters. The first-order valence-electron chi connectivity index (χ1n) is 14.2. The van der Waals surface area contributed by atoms with Gasteiger partial charge in [0.05, 0.1) is 6.61 Å². The third-order valence-corrected chi connectivity index (χ3v) is 7.06. The highest BCUT2D eigenvalue weighted by Crippen LogP contribution is 2.33. The van der Waals surface area contributed by atoms with Crippen LogP contribution in [-0.2, 0) is 20.7 Å². The molecule has 2 aromatic carbocycles. The van der Waals surface area contributed by atoms with Crippen molar-refractivity contribution in [2.45, 2.75) is 89.9 Å². The van der Waals surface area contributed by atoms with E-state index in [0.717, 1.165) is 32.1 Å². The van der Waals surface area contributed by atoms with Crippen LogP contribution < -0.4 is 10.6 Å². The van der Waals surface area contributed by atoms with Crippen molar-refractivity contribution in [3.05, 3.63) is 59.2 Å². The van der Waals surface area contributed by atoms with E-state index in [1.54, 1.807) is 58.0 Å². The minimum Gasteiger partial charge on any atom is -0.508 e. The average Bonchev–Trinajstić information content (AvgIpc) is 2.90. The van der Waals surface area contributed by atoms with Crippen LogP contribution in [0.1, 0.15) is 75.6 Å². The summed E-state index contributed by atoms with van der Waals surface area (Å²) in [6.07, 6.45) is 3.90. The Labute approximate surface area is 241 Å². The van der Waals surface area contributed by atoms with Crippen LogP contribution in [0.2, 0.25) is 0 Å². The van der Waals surface area contributed by atoms with Crippen LogP contribution in [0.4, 0.5) is 4.79 Å². The van der Waals surface area contributed by atoms with Crippen LogP contribution in [0.5, 0.6) is 11.5 Å². The number of ether oxygens (including phenoxy) is 1. The van der Waals surface area contributed by atoms with Gasteiger partial charge in [0.25, 0.3) is 0 Å². The van der Waals surface area contributed by atoms with Gasteiger partial charge in [-0.2, -0.15) is 0 Å². The van der Waals surface area contributed by atoms with Gasteiger partial charge in [-0.1, -0.05) is 49.6 Å². The van der Waals surface area contributed by atoms with E-state index in [9.17, 15) is 29.7 Å². The number of nitrogens with zero attached hydrogens (tertiary/aromatic N) is 1. The second-order valence-electron chi connectivity index (χ2n) is 11.6. The maximum Gasteiger partial charge on any atom is 0.408 e. The summed E-state index contributed by atoms with van der Waals surface area (Å²) in [6, 6.07) is 8.67. The number of phenolic OH excluding ortho intramolecular Hbond substituents is 2.